The summed E-state index contributed by atoms with van der Waals surface area (Å²) in [4.78, 5) is 20.4. The second kappa shape index (κ2) is 8.00. The number of para-hydroxylation sites is 1. The zero-order valence-corrected chi connectivity index (χ0v) is 15.1. The Balaban J connectivity index is 1.40. The van der Waals surface area contributed by atoms with Crippen LogP contribution in [0.1, 0.15) is 17.0 Å². The molecule has 0 aliphatic carbocycles. The fraction of sp³-hybridized carbons (Fsp3) is 0.136. The number of nitrogens with one attached hydrogen (secondary N) is 2. The first kappa shape index (κ1) is 17.9. The maximum atomic E-state index is 14.4. The van der Waals surface area contributed by atoms with Gasteiger partial charge in [0.2, 0.25) is 5.91 Å². The molecule has 1 unspecified atom stereocenters. The first-order chi connectivity index (χ1) is 13.7. The van der Waals surface area contributed by atoms with Crippen molar-refractivity contribution >= 4 is 29.2 Å². The van der Waals surface area contributed by atoms with Gasteiger partial charge < -0.3 is 10.6 Å². The molecular weight excluding hydrogens is 355 g/mol. The number of nitrogens with zero attached hydrogens (tertiary/aromatic N) is 2. The zero-order valence-electron chi connectivity index (χ0n) is 15.1. The van der Waals surface area contributed by atoms with E-state index in [4.69, 9.17) is 0 Å². The number of rotatable bonds is 6. The van der Waals surface area contributed by atoms with Crippen LogP contribution >= 0.6 is 0 Å². The second-order valence-corrected chi connectivity index (χ2v) is 6.53. The van der Waals surface area contributed by atoms with Crippen LogP contribution in [0.2, 0.25) is 0 Å². The Hall–Kier alpha value is -3.54. The molecule has 0 saturated carbocycles. The molecule has 2 aromatic carbocycles. The lowest BCUT2D eigenvalue weighted by molar-refractivity contribution is -0.115. The Bertz CT molecular complexity index is 1020. The maximum Gasteiger partial charge on any atom is 0.237 e. The average Bonchev–Trinajstić information content (AvgIpc) is 3.04. The van der Waals surface area contributed by atoms with Gasteiger partial charge in [-0.2, -0.15) is 0 Å². The lowest BCUT2D eigenvalue weighted by Gasteiger charge is -2.08. The van der Waals surface area contributed by atoms with Crippen molar-refractivity contribution in [3.8, 4) is 0 Å². The number of carbonyl (C=O) groups is 1. The monoisotopic (exact) mass is 374 g/mol. The van der Waals surface area contributed by atoms with E-state index < -0.39 is 5.92 Å². The number of halogens is 1. The summed E-state index contributed by atoms with van der Waals surface area (Å²) in [6.45, 7) is 0.614. The molecule has 4 rings (SSSR count). The number of aliphatic imine (C=N–C) groups is 1. The molecule has 1 amide bonds. The molecule has 140 valence electrons. The van der Waals surface area contributed by atoms with Gasteiger partial charge in [-0.3, -0.25) is 14.8 Å². The number of anilines is 2. The summed E-state index contributed by atoms with van der Waals surface area (Å²) in [7, 11) is 0. The predicted molar refractivity (Wildman–Crippen MR) is 109 cm³/mol. The van der Waals surface area contributed by atoms with Gasteiger partial charge in [-0.05, 0) is 47.9 Å². The third-order valence-corrected chi connectivity index (χ3v) is 4.64. The third-order valence-electron chi connectivity index (χ3n) is 4.64. The smallest absolute Gasteiger partial charge is 0.237 e. The number of aromatic nitrogens is 1. The minimum absolute atomic E-state index is 0.125. The summed E-state index contributed by atoms with van der Waals surface area (Å²) in [5.41, 5.74) is 3.71. The predicted octanol–water partition coefficient (Wildman–Crippen LogP) is 4.31. The van der Waals surface area contributed by atoms with Gasteiger partial charge in [0.25, 0.3) is 0 Å². The number of benzene rings is 2. The van der Waals surface area contributed by atoms with Gasteiger partial charge in [-0.15, -0.1) is 0 Å². The Kier molecular flexibility index (Phi) is 5.10. The normalized spacial score (nSPS) is 15.5. The Morgan fingerprint density at radius 2 is 1.96 bits per heavy atom. The van der Waals surface area contributed by atoms with E-state index in [1.807, 2.05) is 36.4 Å². The van der Waals surface area contributed by atoms with E-state index in [2.05, 4.69) is 20.6 Å². The highest BCUT2D eigenvalue weighted by atomic mass is 19.1. The molecule has 5 nitrogen and oxygen atoms in total. The van der Waals surface area contributed by atoms with Crippen molar-refractivity contribution in [3.63, 3.8) is 0 Å². The van der Waals surface area contributed by atoms with Crippen molar-refractivity contribution in [3.05, 3.63) is 83.9 Å². The standard InChI is InChI=1S/C22H19FN4O/c23-19-13-16(5-6-21(19)25-12-9-15-7-10-24-11-8-15)26-14-18-17-3-1-2-4-20(17)27-22(18)28/h1-8,10-11,13-14,18,25H,9,12H2,(H,27,28). The first-order valence-electron chi connectivity index (χ1n) is 9.07. The van der Waals surface area contributed by atoms with Gasteiger partial charge >= 0.3 is 0 Å². The molecule has 0 spiro atoms. The molecule has 3 aromatic rings. The topological polar surface area (TPSA) is 66.4 Å². The molecular formula is C22H19FN4O. The van der Waals surface area contributed by atoms with E-state index in [1.54, 1.807) is 30.7 Å². The fourth-order valence-electron chi connectivity index (χ4n) is 3.16. The van der Waals surface area contributed by atoms with Gasteiger partial charge in [0.05, 0.1) is 11.4 Å². The van der Waals surface area contributed by atoms with Crippen molar-refractivity contribution in [2.24, 2.45) is 4.99 Å². The van der Waals surface area contributed by atoms with E-state index in [0.717, 1.165) is 23.2 Å². The lowest BCUT2D eigenvalue weighted by Crippen LogP contribution is -2.12. The molecule has 0 bridgehead atoms. The third kappa shape index (κ3) is 3.91. The van der Waals surface area contributed by atoms with Crippen molar-refractivity contribution in [2.45, 2.75) is 12.3 Å². The molecule has 0 fully saturated rings. The Morgan fingerprint density at radius 1 is 1.14 bits per heavy atom. The molecule has 6 heteroatoms. The molecule has 0 radical (unpaired) electrons. The number of hydrogen-bond donors (Lipinski definition) is 2. The van der Waals surface area contributed by atoms with Gasteiger partial charge in [0, 0.05) is 36.9 Å². The minimum atomic E-state index is -0.461. The molecule has 2 heterocycles. The van der Waals surface area contributed by atoms with Crippen molar-refractivity contribution in [2.75, 3.05) is 17.2 Å². The van der Waals surface area contributed by atoms with Crippen molar-refractivity contribution in [1.82, 2.24) is 4.98 Å². The molecule has 28 heavy (non-hydrogen) atoms. The van der Waals surface area contributed by atoms with E-state index in [1.165, 1.54) is 6.07 Å². The summed E-state index contributed by atoms with van der Waals surface area (Å²) < 4.78 is 14.4. The summed E-state index contributed by atoms with van der Waals surface area (Å²) >= 11 is 0. The second-order valence-electron chi connectivity index (χ2n) is 6.53. The Morgan fingerprint density at radius 3 is 2.79 bits per heavy atom. The SMILES string of the molecule is O=C1Nc2ccccc2C1C=Nc1ccc(NCCc2ccncc2)c(F)c1. The van der Waals surface area contributed by atoms with Crippen molar-refractivity contribution in [1.29, 1.82) is 0 Å². The quantitative estimate of drug-likeness (QED) is 0.632. The van der Waals surface area contributed by atoms with E-state index in [0.29, 0.717) is 17.9 Å². The van der Waals surface area contributed by atoms with E-state index in [9.17, 15) is 9.18 Å². The highest BCUT2D eigenvalue weighted by Crippen LogP contribution is 2.31. The molecule has 1 aliphatic rings. The highest BCUT2D eigenvalue weighted by Gasteiger charge is 2.28. The molecule has 1 aliphatic heterocycles. The lowest BCUT2D eigenvalue weighted by atomic mass is 10.0. The van der Waals surface area contributed by atoms with Crippen LogP contribution in [0.5, 0.6) is 0 Å². The fourth-order valence-corrected chi connectivity index (χ4v) is 3.16. The van der Waals surface area contributed by atoms with E-state index in [-0.39, 0.29) is 11.7 Å². The van der Waals surface area contributed by atoms with Crippen LogP contribution in [0.4, 0.5) is 21.5 Å². The van der Waals surface area contributed by atoms with Gasteiger partial charge in [-0.1, -0.05) is 18.2 Å². The first-order valence-corrected chi connectivity index (χ1v) is 9.07. The zero-order chi connectivity index (χ0) is 19.3. The molecule has 1 aromatic heterocycles. The van der Waals surface area contributed by atoms with Crippen molar-refractivity contribution < 1.29 is 9.18 Å². The van der Waals surface area contributed by atoms with Crippen LogP contribution < -0.4 is 10.6 Å². The van der Waals surface area contributed by atoms with Gasteiger partial charge in [0.15, 0.2) is 0 Å². The summed E-state index contributed by atoms with van der Waals surface area (Å²) in [6, 6.07) is 16.1. The van der Waals surface area contributed by atoms with Crippen LogP contribution in [0.25, 0.3) is 0 Å². The average molecular weight is 374 g/mol. The number of pyridine rings is 1. The van der Waals surface area contributed by atoms with Crippen LogP contribution in [-0.4, -0.2) is 23.7 Å². The number of fused-ring (bicyclic) bond motifs is 1. The van der Waals surface area contributed by atoms with Crippen LogP contribution in [0, 0.1) is 5.82 Å². The van der Waals surface area contributed by atoms with Crippen LogP contribution in [0.15, 0.2) is 72.0 Å². The number of hydrogen-bond acceptors (Lipinski definition) is 4. The van der Waals surface area contributed by atoms with Crippen LogP contribution in [-0.2, 0) is 11.2 Å². The maximum absolute atomic E-state index is 14.4. The molecule has 2 N–H and O–H groups in total. The Labute approximate surface area is 162 Å². The van der Waals surface area contributed by atoms with Gasteiger partial charge in [0.1, 0.15) is 11.7 Å². The van der Waals surface area contributed by atoms with Gasteiger partial charge in [-0.25, -0.2) is 4.39 Å². The minimum Gasteiger partial charge on any atom is -0.382 e. The number of carbonyl (C=O) groups excluding carboxylic acids is 1. The van der Waals surface area contributed by atoms with Crippen LogP contribution in [0.3, 0.4) is 0 Å². The summed E-state index contributed by atoms with van der Waals surface area (Å²) in [6.07, 6.45) is 5.82. The number of amides is 1. The largest absolute Gasteiger partial charge is 0.382 e. The van der Waals surface area contributed by atoms with E-state index >= 15 is 0 Å². The summed E-state index contributed by atoms with van der Waals surface area (Å²) in [5.74, 6) is -0.960. The highest BCUT2D eigenvalue weighted by molar-refractivity contribution is 6.12. The molecule has 1 atom stereocenters. The molecule has 0 saturated heterocycles. The summed E-state index contributed by atoms with van der Waals surface area (Å²) in [5, 5.41) is 5.92.